The van der Waals surface area contributed by atoms with E-state index in [9.17, 15) is 26.7 Å². The Labute approximate surface area is 171 Å². The minimum absolute atomic E-state index is 0.0271. The van der Waals surface area contributed by atoms with E-state index in [1.807, 2.05) is 0 Å². The average molecular weight is 460 g/mol. The molecule has 0 heterocycles. The number of alkyl halides is 5. The zero-order valence-corrected chi connectivity index (χ0v) is 15.8. The predicted molar refractivity (Wildman–Crippen MR) is 97.7 cm³/mol. The molecule has 0 bridgehead atoms. The van der Waals surface area contributed by atoms with Crippen molar-refractivity contribution in [2.75, 3.05) is 0 Å². The Morgan fingerprint density at radius 2 is 1.61 bits per heavy atom. The maximum atomic E-state index is 13.5. The number of hydrogen-bond donors (Lipinski definition) is 1. The number of carbonyl (C=O) groups is 1. The van der Waals surface area contributed by atoms with Crippen LogP contribution in [-0.2, 0) is 0 Å². The zero-order chi connectivity index (χ0) is 21.2. The third-order valence-corrected chi connectivity index (χ3v) is 4.94. The highest BCUT2D eigenvalue weighted by Gasteiger charge is 2.39. The number of carboxylic acid groups (broad SMARTS) is 1. The fraction of sp³-hybridized carbons (Fsp3) is 0.167. The molecule has 10 heteroatoms. The lowest BCUT2D eigenvalue weighted by Gasteiger charge is -2.18. The summed E-state index contributed by atoms with van der Waals surface area (Å²) < 4.78 is 66.5. The Kier molecular flexibility index (Phi) is 6.96. The first-order valence-electron chi connectivity index (χ1n) is 7.46. The molecule has 0 radical (unpaired) electrons. The summed E-state index contributed by atoms with van der Waals surface area (Å²) in [5.41, 5.74) is -1.74. The van der Waals surface area contributed by atoms with Crippen molar-refractivity contribution >= 4 is 46.8 Å². The molecule has 0 spiro atoms. The quantitative estimate of drug-likeness (QED) is 0.368. The van der Waals surface area contributed by atoms with E-state index in [-0.39, 0.29) is 26.2 Å². The summed E-state index contributed by atoms with van der Waals surface area (Å²) in [6.07, 6.45) is -6.14. The minimum Gasteiger partial charge on any atom is -0.478 e. The van der Waals surface area contributed by atoms with Gasteiger partial charge in [-0.2, -0.15) is 13.2 Å². The zero-order valence-electron chi connectivity index (χ0n) is 13.6. The lowest BCUT2D eigenvalue weighted by atomic mass is 9.96. The molecule has 1 atom stereocenters. The van der Waals surface area contributed by atoms with Crippen molar-refractivity contribution in [2.24, 2.45) is 0 Å². The normalized spacial score (nSPS) is 13.3. The molecule has 0 aromatic heterocycles. The summed E-state index contributed by atoms with van der Waals surface area (Å²) in [5.74, 6) is -3.71. The summed E-state index contributed by atoms with van der Waals surface area (Å²) in [6, 6.07) is 4.87. The first-order valence-corrected chi connectivity index (χ1v) is 8.60. The topological polar surface area (TPSA) is 37.3 Å². The predicted octanol–water partition coefficient (Wildman–Crippen LogP) is 7.64. The Balaban J connectivity index is 2.48. The Hall–Kier alpha value is -1.83. The monoisotopic (exact) mass is 458 g/mol. The third kappa shape index (κ3) is 5.16. The summed E-state index contributed by atoms with van der Waals surface area (Å²) in [6.45, 7) is 0. The van der Waals surface area contributed by atoms with Gasteiger partial charge < -0.3 is 5.11 Å². The van der Waals surface area contributed by atoms with Crippen LogP contribution in [0.1, 0.15) is 39.4 Å². The van der Waals surface area contributed by atoms with E-state index < -0.39 is 35.6 Å². The fourth-order valence-electron chi connectivity index (χ4n) is 2.43. The van der Waals surface area contributed by atoms with Crippen LogP contribution >= 0.6 is 34.8 Å². The molecule has 2 rings (SSSR count). The van der Waals surface area contributed by atoms with Gasteiger partial charge in [-0.3, -0.25) is 0 Å². The average Bonchev–Trinajstić information content (AvgIpc) is 2.58. The van der Waals surface area contributed by atoms with Gasteiger partial charge in [-0.15, -0.1) is 0 Å². The number of aromatic carboxylic acids is 1. The van der Waals surface area contributed by atoms with Gasteiger partial charge in [0.05, 0.1) is 26.5 Å². The smallest absolute Gasteiger partial charge is 0.399 e. The van der Waals surface area contributed by atoms with Gasteiger partial charge in [0, 0.05) is 5.56 Å². The molecule has 0 amide bonds. The molecule has 1 N–H and O–H groups in total. The van der Waals surface area contributed by atoms with Crippen molar-refractivity contribution in [3.05, 3.63) is 73.7 Å². The van der Waals surface area contributed by atoms with E-state index in [0.29, 0.717) is 0 Å². The van der Waals surface area contributed by atoms with E-state index in [0.717, 1.165) is 42.5 Å². The molecule has 0 aliphatic heterocycles. The number of halogens is 8. The van der Waals surface area contributed by atoms with Crippen molar-refractivity contribution in [1.82, 2.24) is 0 Å². The number of benzene rings is 2. The van der Waals surface area contributed by atoms with Crippen LogP contribution in [0.5, 0.6) is 0 Å². The van der Waals surface area contributed by atoms with Crippen LogP contribution in [0.4, 0.5) is 22.0 Å². The largest absolute Gasteiger partial charge is 0.478 e. The van der Waals surface area contributed by atoms with E-state index in [1.165, 1.54) is 0 Å². The number of allylic oxidation sites excluding steroid dienone is 1. The summed E-state index contributed by atoms with van der Waals surface area (Å²) >= 11 is 17.3. The van der Waals surface area contributed by atoms with Crippen molar-refractivity contribution in [1.29, 1.82) is 0 Å². The van der Waals surface area contributed by atoms with Crippen molar-refractivity contribution < 1.29 is 31.9 Å². The molecule has 150 valence electrons. The number of carboxylic acids is 1. The van der Waals surface area contributed by atoms with E-state index in [4.69, 9.17) is 39.9 Å². The van der Waals surface area contributed by atoms with Gasteiger partial charge in [-0.25, -0.2) is 13.6 Å². The third-order valence-electron chi connectivity index (χ3n) is 3.74. The van der Waals surface area contributed by atoms with Crippen LogP contribution in [0.2, 0.25) is 15.1 Å². The van der Waals surface area contributed by atoms with Gasteiger partial charge >= 0.3 is 12.1 Å². The van der Waals surface area contributed by atoms with Crippen molar-refractivity contribution in [3.63, 3.8) is 0 Å². The van der Waals surface area contributed by atoms with Gasteiger partial charge in [0.2, 0.25) is 0 Å². The van der Waals surface area contributed by atoms with Gasteiger partial charge in [0.1, 0.15) is 0 Å². The van der Waals surface area contributed by atoms with Gasteiger partial charge in [-0.05, 0) is 35.4 Å². The lowest BCUT2D eigenvalue weighted by Crippen LogP contribution is -2.19. The molecule has 0 saturated carbocycles. The van der Waals surface area contributed by atoms with Crippen LogP contribution in [-0.4, -0.2) is 17.3 Å². The standard InChI is InChI=1S/C18H10Cl3F5O2/c19-13-6-9(7-14(20)15(13)21)12(18(24,25)26)4-2-8-1-3-10(17(27)28)11(5-8)16(22)23/h1-7,12,16H,(H,27,28)/b4-2+. The van der Waals surface area contributed by atoms with Crippen molar-refractivity contribution in [2.45, 2.75) is 18.5 Å². The highest BCUT2D eigenvalue weighted by molar-refractivity contribution is 6.48. The minimum atomic E-state index is -4.73. The maximum Gasteiger partial charge on any atom is 0.399 e. The summed E-state index contributed by atoms with van der Waals surface area (Å²) in [7, 11) is 0. The first kappa shape index (κ1) is 22.5. The molecule has 0 saturated heterocycles. The van der Waals surface area contributed by atoms with Crippen LogP contribution in [0, 0.1) is 0 Å². The molecule has 2 nitrogen and oxygen atoms in total. The van der Waals surface area contributed by atoms with E-state index in [2.05, 4.69) is 0 Å². The highest BCUT2D eigenvalue weighted by atomic mass is 35.5. The van der Waals surface area contributed by atoms with Gasteiger partial charge in [0.25, 0.3) is 6.43 Å². The fourth-order valence-corrected chi connectivity index (χ4v) is 3.04. The molecule has 2 aromatic carbocycles. The molecule has 0 fully saturated rings. The summed E-state index contributed by atoms with van der Waals surface area (Å²) in [5, 5.41) is 8.49. The van der Waals surface area contributed by atoms with Crippen LogP contribution in [0.25, 0.3) is 6.08 Å². The molecule has 1 unspecified atom stereocenters. The second-order valence-electron chi connectivity index (χ2n) is 5.63. The van der Waals surface area contributed by atoms with Crippen LogP contribution in [0.3, 0.4) is 0 Å². The van der Waals surface area contributed by atoms with Gasteiger partial charge in [-0.1, -0.05) is 53.0 Å². The number of hydrogen-bond acceptors (Lipinski definition) is 1. The molecule has 2 aromatic rings. The number of rotatable bonds is 5. The second kappa shape index (κ2) is 8.68. The Bertz CT molecular complexity index is 903. The maximum absolute atomic E-state index is 13.5. The second-order valence-corrected chi connectivity index (χ2v) is 6.82. The first-order chi connectivity index (χ1) is 12.9. The van der Waals surface area contributed by atoms with Crippen LogP contribution in [0.15, 0.2) is 36.4 Å². The van der Waals surface area contributed by atoms with Crippen molar-refractivity contribution in [3.8, 4) is 0 Å². The van der Waals surface area contributed by atoms with E-state index >= 15 is 0 Å². The molecule has 0 aliphatic rings. The Morgan fingerprint density at radius 1 is 1.04 bits per heavy atom. The SMILES string of the molecule is O=C(O)c1ccc(/C=C/C(c2cc(Cl)c(Cl)c(Cl)c2)C(F)(F)F)cc1C(F)F. The molecular formula is C18H10Cl3F5O2. The van der Waals surface area contributed by atoms with Gasteiger partial charge in [0.15, 0.2) is 0 Å². The highest BCUT2D eigenvalue weighted by Crippen LogP contribution is 2.41. The summed E-state index contributed by atoms with van der Waals surface area (Å²) in [4.78, 5) is 11.0. The lowest BCUT2D eigenvalue weighted by molar-refractivity contribution is -0.139. The van der Waals surface area contributed by atoms with Crippen LogP contribution < -0.4 is 0 Å². The molecular weight excluding hydrogens is 450 g/mol. The molecule has 0 aliphatic carbocycles. The Morgan fingerprint density at radius 3 is 2.07 bits per heavy atom. The van der Waals surface area contributed by atoms with E-state index in [1.54, 1.807) is 0 Å². The molecule has 28 heavy (non-hydrogen) atoms.